The highest BCUT2D eigenvalue weighted by Gasteiger charge is 2.27. The molecule has 1 fully saturated rings. The van der Waals surface area contributed by atoms with Crippen LogP contribution in [0.25, 0.3) is 10.9 Å². The minimum Gasteiger partial charge on any atom is -0.458 e. The summed E-state index contributed by atoms with van der Waals surface area (Å²) in [5.41, 5.74) is 7.71. The zero-order valence-corrected chi connectivity index (χ0v) is 14.2. The Morgan fingerprint density at radius 2 is 1.92 bits per heavy atom. The van der Waals surface area contributed by atoms with Crippen LogP contribution >= 0.6 is 0 Å². The van der Waals surface area contributed by atoms with E-state index in [1.807, 2.05) is 24.4 Å². The van der Waals surface area contributed by atoms with E-state index in [4.69, 9.17) is 10.2 Å². The van der Waals surface area contributed by atoms with Gasteiger partial charge in [-0.25, -0.2) is 0 Å². The van der Waals surface area contributed by atoms with Gasteiger partial charge in [0.25, 0.3) is 11.8 Å². The number of pyridine rings is 1. The van der Waals surface area contributed by atoms with Gasteiger partial charge in [0.2, 0.25) is 0 Å². The van der Waals surface area contributed by atoms with Gasteiger partial charge in [0.15, 0.2) is 5.76 Å². The molecule has 0 radical (unpaired) electrons. The smallest absolute Gasteiger partial charge is 0.289 e. The minimum atomic E-state index is -0.601. The molecular weight excluding hydrogens is 330 g/mol. The van der Waals surface area contributed by atoms with Crippen molar-refractivity contribution >= 4 is 22.7 Å². The second-order valence-electron chi connectivity index (χ2n) is 6.55. The molecule has 1 saturated heterocycles. The third kappa shape index (κ3) is 2.94. The second kappa shape index (κ2) is 6.63. The molecule has 1 aliphatic rings. The molecule has 0 spiro atoms. The topological polar surface area (TPSA) is 89.4 Å². The van der Waals surface area contributed by atoms with Crippen molar-refractivity contribution in [2.45, 2.75) is 18.8 Å². The van der Waals surface area contributed by atoms with E-state index >= 15 is 0 Å². The van der Waals surface area contributed by atoms with Gasteiger partial charge in [-0.05, 0) is 36.5 Å². The van der Waals surface area contributed by atoms with Crippen LogP contribution in [0, 0.1) is 0 Å². The molecule has 6 nitrogen and oxygen atoms in total. The van der Waals surface area contributed by atoms with Crippen LogP contribution in [-0.2, 0) is 0 Å². The van der Waals surface area contributed by atoms with Gasteiger partial charge in [0, 0.05) is 30.7 Å². The molecule has 0 aliphatic carbocycles. The fraction of sp³-hybridized carbons (Fsp3) is 0.250. The van der Waals surface area contributed by atoms with E-state index in [1.54, 1.807) is 4.90 Å². The number of aromatic nitrogens is 1. The van der Waals surface area contributed by atoms with Crippen LogP contribution in [-0.4, -0.2) is 34.8 Å². The molecule has 3 aromatic rings. The summed E-state index contributed by atoms with van der Waals surface area (Å²) in [5, 5.41) is 1.18. The van der Waals surface area contributed by atoms with Crippen LogP contribution in [0.3, 0.4) is 0 Å². The van der Waals surface area contributed by atoms with Gasteiger partial charge in [-0.3, -0.25) is 14.6 Å². The van der Waals surface area contributed by atoms with E-state index in [-0.39, 0.29) is 17.2 Å². The molecular formula is C20H19N3O3. The number of carbonyl (C=O) groups is 2. The van der Waals surface area contributed by atoms with Crippen molar-refractivity contribution in [1.29, 1.82) is 0 Å². The Kier molecular flexibility index (Phi) is 4.16. The lowest BCUT2D eigenvalue weighted by Crippen LogP contribution is -2.37. The van der Waals surface area contributed by atoms with Gasteiger partial charge in [0.05, 0.1) is 11.1 Å². The first-order valence-corrected chi connectivity index (χ1v) is 8.65. The zero-order valence-electron chi connectivity index (χ0n) is 14.2. The van der Waals surface area contributed by atoms with Crippen molar-refractivity contribution in [3.8, 4) is 0 Å². The van der Waals surface area contributed by atoms with E-state index in [9.17, 15) is 9.59 Å². The third-order valence-electron chi connectivity index (χ3n) is 5.00. The number of hydrogen-bond donors (Lipinski definition) is 1. The standard InChI is InChI=1S/C20H19N3O3/c21-19(24)14-11-18(26-12-14)20(25)23-9-6-13(7-10-23)15-5-8-22-17-4-2-1-3-16(15)17/h1-5,8,11-13H,6-7,9-10H2,(H2,21,24). The second-order valence-corrected chi connectivity index (χ2v) is 6.55. The monoisotopic (exact) mass is 349 g/mol. The Morgan fingerprint density at radius 3 is 2.65 bits per heavy atom. The van der Waals surface area contributed by atoms with Gasteiger partial charge in [0.1, 0.15) is 6.26 Å². The third-order valence-corrected chi connectivity index (χ3v) is 5.00. The highest BCUT2D eigenvalue weighted by atomic mass is 16.3. The first kappa shape index (κ1) is 16.3. The molecule has 4 rings (SSSR count). The number of hydrogen-bond acceptors (Lipinski definition) is 4. The number of amides is 2. The molecule has 26 heavy (non-hydrogen) atoms. The van der Waals surface area contributed by atoms with Crippen molar-refractivity contribution in [2.24, 2.45) is 5.73 Å². The minimum absolute atomic E-state index is 0.159. The molecule has 132 valence electrons. The first-order valence-electron chi connectivity index (χ1n) is 8.65. The van der Waals surface area contributed by atoms with E-state index in [0.717, 1.165) is 18.4 Å². The predicted molar refractivity (Wildman–Crippen MR) is 96.8 cm³/mol. The lowest BCUT2D eigenvalue weighted by molar-refractivity contribution is 0.0681. The fourth-order valence-electron chi connectivity index (χ4n) is 3.60. The summed E-state index contributed by atoms with van der Waals surface area (Å²) < 4.78 is 5.21. The van der Waals surface area contributed by atoms with Crippen LogP contribution < -0.4 is 5.73 Å². The lowest BCUT2D eigenvalue weighted by atomic mass is 9.87. The lowest BCUT2D eigenvalue weighted by Gasteiger charge is -2.32. The number of nitrogens with zero attached hydrogens (tertiary/aromatic N) is 2. The maximum atomic E-state index is 12.6. The summed E-state index contributed by atoms with van der Waals surface area (Å²) in [5.74, 6) is -0.247. The molecule has 6 heteroatoms. The van der Waals surface area contributed by atoms with Gasteiger partial charge in [-0.2, -0.15) is 0 Å². The largest absolute Gasteiger partial charge is 0.458 e. The Morgan fingerprint density at radius 1 is 1.15 bits per heavy atom. The summed E-state index contributed by atoms with van der Waals surface area (Å²) in [6, 6.07) is 11.6. The van der Waals surface area contributed by atoms with Gasteiger partial charge in [-0.1, -0.05) is 18.2 Å². The zero-order chi connectivity index (χ0) is 18.1. The van der Waals surface area contributed by atoms with Crippen LogP contribution in [0.1, 0.15) is 45.2 Å². The Balaban J connectivity index is 1.48. The molecule has 1 aromatic carbocycles. The summed E-state index contributed by atoms with van der Waals surface area (Å²) in [6.45, 7) is 1.29. The van der Waals surface area contributed by atoms with Gasteiger partial charge < -0.3 is 15.1 Å². The summed E-state index contributed by atoms with van der Waals surface area (Å²) in [7, 11) is 0. The quantitative estimate of drug-likeness (QED) is 0.787. The van der Waals surface area contributed by atoms with E-state index in [1.165, 1.54) is 23.3 Å². The number of nitrogens with two attached hydrogens (primary N) is 1. The van der Waals surface area contributed by atoms with Gasteiger partial charge >= 0.3 is 0 Å². The number of likely N-dealkylation sites (tertiary alicyclic amines) is 1. The maximum Gasteiger partial charge on any atom is 0.289 e. The number of fused-ring (bicyclic) bond motifs is 1. The number of para-hydroxylation sites is 1. The van der Waals surface area contributed by atoms with Gasteiger partial charge in [-0.15, -0.1) is 0 Å². The molecule has 0 saturated carbocycles. The van der Waals surface area contributed by atoms with Crippen LogP contribution in [0.4, 0.5) is 0 Å². The fourth-order valence-corrected chi connectivity index (χ4v) is 3.60. The number of carbonyl (C=O) groups excluding carboxylic acids is 2. The highest BCUT2D eigenvalue weighted by Crippen LogP contribution is 2.32. The number of piperidine rings is 1. The van der Waals surface area contributed by atoms with Crippen LogP contribution in [0.5, 0.6) is 0 Å². The average Bonchev–Trinajstić information content (AvgIpc) is 3.18. The number of benzene rings is 1. The number of rotatable bonds is 3. The van der Waals surface area contributed by atoms with Crippen LogP contribution in [0.15, 0.2) is 53.3 Å². The normalized spacial score (nSPS) is 15.3. The first-order chi connectivity index (χ1) is 12.6. The summed E-state index contributed by atoms with van der Waals surface area (Å²) in [6.07, 6.45) is 4.83. The molecule has 1 aliphatic heterocycles. The summed E-state index contributed by atoms with van der Waals surface area (Å²) in [4.78, 5) is 29.9. The van der Waals surface area contributed by atoms with Crippen molar-refractivity contribution in [1.82, 2.24) is 9.88 Å². The molecule has 0 atom stereocenters. The van der Waals surface area contributed by atoms with Crippen molar-refractivity contribution < 1.29 is 14.0 Å². The maximum absolute atomic E-state index is 12.6. The Bertz CT molecular complexity index is 966. The molecule has 0 unspecified atom stereocenters. The van der Waals surface area contributed by atoms with E-state index in [2.05, 4.69) is 17.1 Å². The molecule has 3 heterocycles. The van der Waals surface area contributed by atoms with Crippen molar-refractivity contribution in [3.05, 3.63) is 65.7 Å². The predicted octanol–water partition coefficient (Wildman–Crippen LogP) is 2.95. The molecule has 2 N–H and O–H groups in total. The van der Waals surface area contributed by atoms with Crippen molar-refractivity contribution in [2.75, 3.05) is 13.1 Å². The molecule has 2 amide bonds. The number of furan rings is 1. The Labute approximate surface area is 150 Å². The molecule has 0 bridgehead atoms. The Hall–Kier alpha value is -3.15. The molecule has 2 aromatic heterocycles. The van der Waals surface area contributed by atoms with Crippen LogP contribution in [0.2, 0.25) is 0 Å². The number of primary amides is 1. The van der Waals surface area contributed by atoms with E-state index in [0.29, 0.717) is 19.0 Å². The SMILES string of the molecule is NC(=O)c1coc(C(=O)N2CCC(c3ccnc4ccccc34)CC2)c1. The van der Waals surface area contributed by atoms with E-state index < -0.39 is 5.91 Å². The highest BCUT2D eigenvalue weighted by molar-refractivity contribution is 5.97. The summed E-state index contributed by atoms with van der Waals surface area (Å²) >= 11 is 0. The van der Waals surface area contributed by atoms with Crippen molar-refractivity contribution in [3.63, 3.8) is 0 Å². The average molecular weight is 349 g/mol.